The van der Waals surface area contributed by atoms with E-state index in [-0.39, 0.29) is 18.9 Å². The molecule has 2 aromatic carbocycles. The fraction of sp³-hybridized carbons (Fsp3) is 0.263. The highest BCUT2D eigenvalue weighted by Gasteiger charge is 2.05. The molecule has 0 spiro atoms. The summed E-state index contributed by atoms with van der Waals surface area (Å²) in [6, 6.07) is 13.7. The van der Waals surface area contributed by atoms with Gasteiger partial charge in [0, 0.05) is 5.69 Å². The van der Waals surface area contributed by atoms with Gasteiger partial charge >= 0.3 is 5.97 Å². The molecule has 0 radical (unpaired) electrons. The van der Waals surface area contributed by atoms with Crippen LogP contribution in [0.25, 0.3) is 0 Å². The molecule has 6 heteroatoms. The van der Waals surface area contributed by atoms with Crippen LogP contribution in [0.15, 0.2) is 48.5 Å². The van der Waals surface area contributed by atoms with Gasteiger partial charge < -0.3 is 19.9 Å². The number of ether oxygens (including phenoxy) is 2. The SMILES string of the molecule is CCCOc1ccc(OCC(=O)Nc2ccc(CC(=O)O)cc2)cc1. The molecule has 0 saturated carbocycles. The summed E-state index contributed by atoms with van der Waals surface area (Å²) in [7, 11) is 0. The van der Waals surface area contributed by atoms with Gasteiger partial charge in [-0.1, -0.05) is 19.1 Å². The monoisotopic (exact) mass is 343 g/mol. The Morgan fingerprint density at radius 2 is 1.56 bits per heavy atom. The van der Waals surface area contributed by atoms with Gasteiger partial charge in [-0.05, 0) is 48.4 Å². The summed E-state index contributed by atoms with van der Waals surface area (Å²) in [6.45, 7) is 2.58. The van der Waals surface area contributed by atoms with Crippen molar-refractivity contribution in [2.24, 2.45) is 0 Å². The third-order valence-electron chi connectivity index (χ3n) is 3.26. The standard InChI is InChI=1S/C19H21NO5/c1-2-11-24-16-7-9-17(10-8-16)25-13-18(21)20-15-5-3-14(4-6-15)12-19(22)23/h3-10H,2,11-13H2,1H3,(H,20,21)(H,22,23). The van der Waals surface area contributed by atoms with E-state index in [9.17, 15) is 9.59 Å². The summed E-state index contributed by atoms with van der Waals surface area (Å²) in [5.74, 6) is 0.157. The number of nitrogens with one attached hydrogen (secondary N) is 1. The second kappa shape index (κ2) is 9.32. The van der Waals surface area contributed by atoms with Crippen LogP contribution in [-0.2, 0) is 16.0 Å². The summed E-state index contributed by atoms with van der Waals surface area (Å²) in [5, 5.41) is 11.4. The summed E-state index contributed by atoms with van der Waals surface area (Å²) in [4.78, 5) is 22.5. The van der Waals surface area contributed by atoms with Crippen LogP contribution >= 0.6 is 0 Å². The van der Waals surface area contributed by atoms with Gasteiger partial charge in [-0.3, -0.25) is 9.59 Å². The van der Waals surface area contributed by atoms with Gasteiger partial charge in [-0.15, -0.1) is 0 Å². The third kappa shape index (κ3) is 6.55. The molecule has 0 fully saturated rings. The molecule has 0 aliphatic rings. The smallest absolute Gasteiger partial charge is 0.307 e. The molecule has 6 nitrogen and oxygen atoms in total. The van der Waals surface area contributed by atoms with Crippen LogP contribution in [0.2, 0.25) is 0 Å². The largest absolute Gasteiger partial charge is 0.494 e. The number of carbonyl (C=O) groups is 2. The Labute approximate surface area is 146 Å². The van der Waals surface area contributed by atoms with Gasteiger partial charge in [0.2, 0.25) is 0 Å². The molecule has 25 heavy (non-hydrogen) atoms. The third-order valence-corrected chi connectivity index (χ3v) is 3.26. The van der Waals surface area contributed by atoms with Crippen LogP contribution in [-0.4, -0.2) is 30.2 Å². The lowest BCUT2D eigenvalue weighted by Gasteiger charge is -2.09. The van der Waals surface area contributed by atoms with E-state index in [4.69, 9.17) is 14.6 Å². The molecule has 0 atom stereocenters. The molecule has 0 aromatic heterocycles. The fourth-order valence-electron chi connectivity index (χ4n) is 2.08. The maximum atomic E-state index is 11.9. The lowest BCUT2D eigenvalue weighted by atomic mass is 10.1. The number of aliphatic carboxylic acids is 1. The first-order chi connectivity index (χ1) is 12.1. The summed E-state index contributed by atoms with van der Waals surface area (Å²) in [5.41, 5.74) is 1.26. The molecular formula is C19H21NO5. The Morgan fingerprint density at radius 1 is 0.960 bits per heavy atom. The highest BCUT2D eigenvalue weighted by atomic mass is 16.5. The van der Waals surface area contributed by atoms with E-state index in [0.717, 1.165) is 12.2 Å². The number of amides is 1. The minimum absolute atomic E-state index is 0.0463. The number of carboxylic acid groups (broad SMARTS) is 1. The first kappa shape index (κ1) is 18.3. The van der Waals surface area contributed by atoms with Crippen molar-refractivity contribution in [1.82, 2.24) is 0 Å². The van der Waals surface area contributed by atoms with Crippen LogP contribution < -0.4 is 14.8 Å². The number of carboxylic acids is 1. The van der Waals surface area contributed by atoms with Crippen molar-refractivity contribution in [3.8, 4) is 11.5 Å². The first-order valence-corrected chi connectivity index (χ1v) is 8.03. The number of benzene rings is 2. The number of carbonyl (C=O) groups excluding carboxylic acids is 1. The summed E-state index contributed by atoms with van der Waals surface area (Å²) >= 11 is 0. The van der Waals surface area contributed by atoms with Crippen LogP contribution in [0, 0.1) is 0 Å². The van der Waals surface area contributed by atoms with Gasteiger partial charge in [0.05, 0.1) is 13.0 Å². The molecule has 0 aliphatic carbocycles. The number of hydrogen-bond donors (Lipinski definition) is 2. The van der Waals surface area contributed by atoms with Gasteiger partial charge in [-0.2, -0.15) is 0 Å². The van der Waals surface area contributed by atoms with Crippen LogP contribution in [0.5, 0.6) is 11.5 Å². The van der Waals surface area contributed by atoms with Gasteiger partial charge in [-0.25, -0.2) is 0 Å². The van der Waals surface area contributed by atoms with Crippen molar-refractivity contribution in [1.29, 1.82) is 0 Å². The van der Waals surface area contributed by atoms with Crippen molar-refractivity contribution < 1.29 is 24.2 Å². The Kier molecular flexibility index (Phi) is 6.83. The lowest BCUT2D eigenvalue weighted by Crippen LogP contribution is -2.20. The van der Waals surface area contributed by atoms with E-state index >= 15 is 0 Å². The molecular weight excluding hydrogens is 322 g/mol. The molecule has 0 heterocycles. The van der Waals surface area contributed by atoms with Crippen molar-refractivity contribution in [2.45, 2.75) is 19.8 Å². The van der Waals surface area contributed by atoms with Crippen LogP contribution in [0.1, 0.15) is 18.9 Å². The highest BCUT2D eigenvalue weighted by Crippen LogP contribution is 2.18. The Hall–Kier alpha value is -3.02. The molecule has 0 bridgehead atoms. The van der Waals surface area contributed by atoms with Crippen molar-refractivity contribution >= 4 is 17.6 Å². The van der Waals surface area contributed by atoms with Crippen LogP contribution in [0.4, 0.5) is 5.69 Å². The Bertz CT molecular complexity index is 695. The van der Waals surface area contributed by atoms with Gasteiger partial charge in [0.25, 0.3) is 5.91 Å². The Balaban J connectivity index is 1.79. The fourth-order valence-corrected chi connectivity index (χ4v) is 2.08. The number of hydrogen-bond acceptors (Lipinski definition) is 4. The Morgan fingerprint density at radius 3 is 2.12 bits per heavy atom. The normalized spacial score (nSPS) is 10.1. The minimum atomic E-state index is -0.892. The average Bonchev–Trinajstić information content (AvgIpc) is 2.60. The predicted octanol–water partition coefficient (Wildman–Crippen LogP) is 3.12. The quantitative estimate of drug-likeness (QED) is 0.731. The maximum Gasteiger partial charge on any atom is 0.307 e. The topological polar surface area (TPSA) is 84.9 Å². The molecule has 132 valence electrons. The van der Waals surface area contributed by atoms with E-state index in [2.05, 4.69) is 5.32 Å². The van der Waals surface area contributed by atoms with E-state index in [1.807, 2.05) is 6.92 Å². The molecule has 2 aromatic rings. The second-order valence-corrected chi connectivity index (χ2v) is 5.42. The summed E-state index contributed by atoms with van der Waals surface area (Å²) < 4.78 is 10.9. The zero-order chi connectivity index (χ0) is 18.1. The number of rotatable bonds is 9. The molecule has 2 rings (SSSR count). The number of anilines is 1. The highest BCUT2D eigenvalue weighted by molar-refractivity contribution is 5.91. The van der Waals surface area contributed by atoms with Crippen LogP contribution in [0.3, 0.4) is 0 Å². The zero-order valence-corrected chi connectivity index (χ0v) is 14.0. The van der Waals surface area contributed by atoms with Crippen molar-refractivity contribution in [3.63, 3.8) is 0 Å². The van der Waals surface area contributed by atoms with E-state index < -0.39 is 5.97 Å². The van der Waals surface area contributed by atoms with E-state index in [1.54, 1.807) is 48.5 Å². The van der Waals surface area contributed by atoms with Crippen molar-refractivity contribution in [3.05, 3.63) is 54.1 Å². The molecule has 2 N–H and O–H groups in total. The average molecular weight is 343 g/mol. The minimum Gasteiger partial charge on any atom is -0.494 e. The van der Waals surface area contributed by atoms with E-state index in [0.29, 0.717) is 23.6 Å². The lowest BCUT2D eigenvalue weighted by molar-refractivity contribution is -0.136. The summed E-state index contributed by atoms with van der Waals surface area (Å²) in [6.07, 6.45) is 0.894. The van der Waals surface area contributed by atoms with Crippen molar-refractivity contribution in [2.75, 3.05) is 18.5 Å². The molecule has 1 amide bonds. The first-order valence-electron chi connectivity index (χ1n) is 8.03. The zero-order valence-electron chi connectivity index (χ0n) is 14.0. The van der Waals surface area contributed by atoms with Gasteiger partial charge in [0.15, 0.2) is 6.61 Å². The molecule has 0 aliphatic heterocycles. The maximum absolute atomic E-state index is 11.9. The molecule has 0 saturated heterocycles. The second-order valence-electron chi connectivity index (χ2n) is 5.42. The predicted molar refractivity (Wildman–Crippen MR) is 94.1 cm³/mol. The molecule has 0 unspecified atom stereocenters. The van der Waals surface area contributed by atoms with Gasteiger partial charge in [0.1, 0.15) is 11.5 Å². The van der Waals surface area contributed by atoms with E-state index in [1.165, 1.54) is 0 Å².